The summed E-state index contributed by atoms with van der Waals surface area (Å²) in [6.45, 7) is 0.834. The van der Waals surface area contributed by atoms with Crippen LogP contribution < -0.4 is 0 Å². The highest BCUT2D eigenvalue weighted by Crippen LogP contribution is 2.38. The molecule has 26 heavy (non-hydrogen) atoms. The molecule has 2 heterocycles. The molecule has 2 fully saturated rings. The third-order valence-electron chi connectivity index (χ3n) is 5.88. The second-order valence-corrected chi connectivity index (χ2v) is 7.55. The molecule has 2 amide bonds. The Morgan fingerprint density at radius 3 is 2.65 bits per heavy atom. The zero-order valence-corrected chi connectivity index (χ0v) is 14.4. The molecule has 0 radical (unpaired) electrons. The van der Waals surface area contributed by atoms with E-state index in [4.69, 9.17) is 0 Å². The van der Waals surface area contributed by atoms with E-state index in [0.29, 0.717) is 19.5 Å². The van der Waals surface area contributed by atoms with Crippen molar-refractivity contribution in [3.05, 3.63) is 35.1 Å². The van der Waals surface area contributed by atoms with Gasteiger partial charge in [-0.3, -0.25) is 9.59 Å². The van der Waals surface area contributed by atoms with E-state index in [-0.39, 0.29) is 55.9 Å². The van der Waals surface area contributed by atoms with Crippen LogP contribution in [-0.4, -0.2) is 47.2 Å². The fourth-order valence-electron chi connectivity index (χ4n) is 4.40. The number of amides is 2. The molecule has 1 atom stereocenters. The number of hydrogen-bond donors (Lipinski definition) is 0. The fourth-order valence-corrected chi connectivity index (χ4v) is 4.40. The van der Waals surface area contributed by atoms with Crippen molar-refractivity contribution in [2.75, 3.05) is 19.6 Å². The molecule has 1 aliphatic carbocycles. The van der Waals surface area contributed by atoms with Gasteiger partial charge in [0.1, 0.15) is 5.82 Å². The first-order valence-corrected chi connectivity index (χ1v) is 9.08. The lowest BCUT2D eigenvalue weighted by Gasteiger charge is -2.45. The van der Waals surface area contributed by atoms with Crippen LogP contribution in [-0.2, 0) is 16.0 Å². The highest BCUT2D eigenvalue weighted by molar-refractivity contribution is 5.87. The van der Waals surface area contributed by atoms with E-state index in [9.17, 15) is 22.8 Å². The summed E-state index contributed by atoms with van der Waals surface area (Å²) in [6, 6.07) is 4.22. The van der Waals surface area contributed by atoms with Crippen LogP contribution in [0.3, 0.4) is 0 Å². The third kappa shape index (κ3) is 3.08. The summed E-state index contributed by atoms with van der Waals surface area (Å²) in [7, 11) is 0. The van der Waals surface area contributed by atoms with Crippen LogP contribution in [0, 0.1) is 11.7 Å². The van der Waals surface area contributed by atoms with Crippen molar-refractivity contribution in [2.45, 2.75) is 44.1 Å². The quantitative estimate of drug-likeness (QED) is 0.767. The minimum atomic E-state index is -2.69. The van der Waals surface area contributed by atoms with Crippen LogP contribution >= 0.6 is 0 Å². The molecule has 0 bridgehead atoms. The minimum absolute atomic E-state index is 0.0210. The SMILES string of the molecule is O=C(C1CCC(F)(F)CC1)N1CC(=O)N2CCc3ccc(F)cc3C2C1. The van der Waals surface area contributed by atoms with E-state index in [2.05, 4.69) is 0 Å². The predicted molar refractivity (Wildman–Crippen MR) is 88.0 cm³/mol. The molecule has 1 saturated carbocycles. The Labute approximate surface area is 149 Å². The fraction of sp³-hybridized carbons (Fsp3) is 0.579. The molecule has 1 saturated heterocycles. The third-order valence-corrected chi connectivity index (χ3v) is 5.88. The number of hydrogen-bond acceptors (Lipinski definition) is 2. The van der Waals surface area contributed by atoms with Crippen molar-refractivity contribution >= 4 is 11.8 Å². The molecule has 4 nitrogen and oxygen atoms in total. The van der Waals surface area contributed by atoms with Crippen LogP contribution in [0.5, 0.6) is 0 Å². The standard InChI is InChI=1S/C19H21F3N2O2/c20-14-2-1-12-5-8-24-16(15(12)9-14)10-23(11-17(24)25)18(26)13-3-6-19(21,22)7-4-13/h1-2,9,13,16H,3-8,10-11H2. The number of nitrogens with zero attached hydrogens (tertiary/aromatic N) is 2. The summed E-state index contributed by atoms with van der Waals surface area (Å²) in [5.74, 6) is -3.89. The van der Waals surface area contributed by atoms with Crippen molar-refractivity contribution in [2.24, 2.45) is 5.92 Å². The van der Waals surface area contributed by atoms with Gasteiger partial charge in [0.2, 0.25) is 17.7 Å². The lowest BCUT2D eigenvalue weighted by molar-refractivity contribution is -0.153. The van der Waals surface area contributed by atoms with Crippen LogP contribution in [0.25, 0.3) is 0 Å². The number of halogens is 3. The molecule has 140 valence electrons. The number of benzene rings is 1. The predicted octanol–water partition coefficient (Wildman–Crippen LogP) is 2.92. The van der Waals surface area contributed by atoms with Gasteiger partial charge >= 0.3 is 0 Å². The smallest absolute Gasteiger partial charge is 0.248 e. The lowest BCUT2D eigenvalue weighted by atomic mass is 9.85. The summed E-state index contributed by atoms with van der Waals surface area (Å²) >= 11 is 0. The molecular weight excluding hydrogens is 345 g/mol. The molecule has 1 aromatic rings. The monoisotopic (exact) mass is 366 g/mol. The second kappa shape index (κ2) is 6.28. The van der Waals surface area contributed by atoms with Gasteiger partial charge in [0.05, 0.1) is 12.6 Å². The largest absolute Gasteiger partial charge is 0.332 e. The molecule has 1 aromatic carbocycles. The van der Waals surface area contributed by atoms with Crippen molar-refractivity contribution in [1.29, 1.82) is 0 Å². The van der Waals surface area contributed by atoms with Gasteiger partial charge in [-0.25, -0.2) is 13.2 Å². The number of carbonyl (C=O) groups is 2. The number of fused-ring (bicyclic) bond motifs is 3. The molecule has 0 spiro atoms. The van der Waals surface area contributed by atoms with Crippen LogP contribution in [0.15, 0.2) is 18.2 Å². The average Bonchev–Trinajstić information content (AvgIpc) is 2.61. The van der Waals surface area contributed by atoms with Gasteiger partial charge in [0.15, 0.2) is 0 Å². The number of piperazine rings is 1. The zero-order valence-electron chi connectivity index (χ0n) is 14.4. The Hall–Kier alpha value is -2.05. The Kier molecular flexibility index (Phi) is 4.20. The number of carbonyl (C=O) groups excluding carboxylic acids is 2. The molecule has 1 unspecified atom stereocenters. The summed E-state index contributed by atoms with van der Waals surface area (Å²) in [5.41, 5.74) is 1.74. The number of rotatable bonds is 1. The topological polar surface area (TPSA) is 40.6 Å². The number of alkyl halides is 2. The van der Waals surface area contributed by atoms with E-state index in [1.54, 1.807) is 11.0 Å². The molecule has 3 aliphatic rings. The second-order valence-electron chi connectivity index (χ2n) is 7.55. The van der Waals surface area contributed by atoms with Gasteiger partial charge in [-0.1, -0.05) is 6.07 Å². The van der Waals surface area contributed by atoms with Crippen molar-refractivity contribution < 1.29 is 22.8 Å². The van der Waals surface area contributed by atoms with Gasteiger partial charge in [-0.05, 0) is 42.5 Å². The Bertz CT molecular complexity index is 742. The van der Waals surface area contributed by atoms with Gasteiger partial charge < -0.3 is 9.80 Å². The maximum Gasteiger partial charge on any atom is 0.248 e. The van der Waals surface area contributed by atoms with E-state index in [1.165, 1.54) is 17.0 Å². The van der Waals surface area contributed by atoms with Crippen LogP contribution in [0.1, 0.15) is 42.9 Å². The average molecular weight is 366 g/mol. The van der Waals surface area contributed by atoms with Crippen molar-refractivity contribution in [3.8, 4) is 0 Å². The van der Waals surface area contributed by atoms with E-state index in [1.807, 2.05) is 0 Å². The van der Waals surface area contributed by atoms with Crippen LogP contribution in [0.4, 0.5) is 13.2 Å². The molecule has 7 heteroatoms. The zero-order chi connectivity index (χ0) is 18.5. The molecular formula is C19H21F3N2O2. The van der Waals surface area contributed by atoms with Crippen LogP contribution in [0.2, 0.25) is 0 Å². The van der Waals surface area contributed by atoms with Gasteiger partial charge in [-0.2, -0.15) is 0 Å². The minimum Gasteiger partial charge on any atom is -0.332 e. The van der Waals surface area contributed by atoms with E-state index < -0.39 is 11.8 Å². The molecule has 0 aromatic heterocycles. The van der Waals surface area contributed by atoms with Gasteiger partial charge in [0.25, 0.3) is 0 Å². The first-order valence-electron chi connectivity index (χ1n) is 9.08. The highest BCUT2D eigenvalue weighted by Gasteiger charge is 2.43. The van der Waals surface area contributed by atoms with Gasteiger partial charge in [0, 0.05) is 31.8 Å². The highest BCUT2D eigenvalue weighted by atomic mass is 19.3. The Balaban J connectivity index is 1.54. The Morgan fingerprint density at radius 2 is 1.92 bits per heavy atom. The first kappa shape index (κ1) is 17.4. The van der Waals surface area contributed by atoms with E-state index >= 15 is 0 Å². The molecule has 0 N–H and O–H groups in total. The first-order chi connectivity index (χ1) is 12.3. The summed E-state index contributed by atoms with van der Waals surface area (Å²) in [6.07, 6.45) is 0.402. The summed E-state index contributed by atoms with van der Waals surface area (Å²) in [4.78, 5) is 28.5. The van der Waals surface area contributed by atoms with Crippen molar-refractivity contribution in [3.63, 3.8) is 0 Å². The van der Waals surface area contributed by atoms with Gasteiger partial charge in [-0.15, -0.1) is 0 Å². The normalized spacial score (nSPS) is 25.7. The summed E-state index contributed by atoms with van der Waals surface area (Å²) < 4.78 is 40.4. The van der Waals surface area contributed by atoms with Crippen molar-refractivity contribution in [1.82, 2.24) is 9.80 Å². The Morgan fingerprint density at radius 1 is 1.19 bits per heavy atom. The maximum absolute atomic E-state index is 13.7. The molecule has 4 rings (SSSR count). The maximum atomic E-state index is 13.7. The van der Waals surface area contributed by atoms with E-state index in [0.717, 1.165) is 11.1 Å². The lowest BCUT2D eigenvalue weighted by Crippen LogP contribution is -2.56. The summed E-state index contributed by atoms with van der Waals surface area (Å²) in [5, 5.41) is 0. The molecule has 2 aliphatic heterocycles.